The summed E-state index contributed by atoms with van der Waals surface area (Å²) >= 11 is 0. The third-order valence-electron chi connectivity index (χ3n) is 6.52. The molecule has 0 bridgehead atoms. The quantitative estimate of drug-likeness (QED) is 0.599. The maximum atomic E-state index is 12.8. The Morgan fingerprint density at radius 1 is 1.14 bits per heavy atom. The molecule has 1 saturated heterocycles. The van der Waals surface area contributed by atoms with E-state index < -0.39 is 12.1 Å². The fourth-order valence-electron chi connectivity index (χ4n) is 4.36. The van der Waals surface area contributed by atoms with Gasteiger partial charge in [-0.05, 0) is 25.3 Å². The number of halogens is 3. The van der Waals surface area contributed by atoms with Gasteiger partial charge in [-0.1, -0.05) is 0 Å². The van der Waals surface area contributed by atoms with Crippen LogP contribution in [0.25, 0.3) is 0 Å². The van der Waals surface area contributed by atoms with E-state index in [2.05, 4.69) is 25.5 Å². The number of carbonyl (C=O) groups excluding carboxylic acids is 2. The Labute approximate surface area is 204 Å². The summed E-state index contributed by atoms with van der Waals surface area (Å²) in [5.74, 6) is -1.65. The topological polar surface area (TPSA) is 138 Å². The van der Waals surface area contributed by atoms with Gasteiger partial charge in [0, 0.05) is 52.0 Å². The highest BCUT2D eigenvalue weighted by Gasteiger charge is 2.39. The number of aliphatic carboxylic acids is 1. The summed E-state index contributed by atoms with van der Waals surface area (Å²) in [6.45, 7) is 3.60. The van der Waals surface area contributed by atoms with E-state index in [9.17, 15) is 22.8 Å². The number of carboxylic acid groups (broad SMARTS) is 1. The van der Waals surface area contributed by atoms with Crippen molar-refractivity contribution in [3.05, 3.63) is 29.6 Å². The number of aromatic nitrogens is 5. The standard InChI is InChI=1S/C19H26N8O2.C2HF3O2/c1-24-6-5-14(23-24)11-16(28)26-8-7-25-9-10-27-17(15(25)12-26)21-22-18(27)19(29)20-13-3-2-4-13;3-2(4,5)1(6)7/h5-6,13,15H,2-4,7-12H2,1H3,(H,20,29);(H,6,7). The number of piperazine rings is 1. The van der Waals surface area contributed by atoms with Gasteiger partial charge < -0.3 is 19.9 Å². The van der Waals surface area contributed by atoms with Gasteiger partial charge in [0.1, 0.15) is 0 Å². The highest BCUT2D eigenvalue weighted by molar-refractivity contribution is 5.91. The molecule has 0 spiro atoms. The molecule has 12 nitrogen and oxygen atoms in total. The van der Waals surface area contributed by atoms with Gasteiger partial charge in [-0.15, -0.1) is 10.2 Å². The number of fused-ring (bicyclic) bond motifs is 3. The Morgan fingerprint density at radius 3 is 2.42 bits per heavy atom. The molecular formula is C21H27F3N8O4. The van der Waals surface area contributed by atoms with Crippen LogP contribution in [-0.4, -0.2) is 95.6 Å². The summed E-state index contributed by atoms with van der Waals surface area (Å²) in [4.78, 5) is 38.5. The maximum absolute atomic E-state index is 12.8. The van der Waals surface area contributed by atoms with Crippen LogP contribution in [0.5, 0.6) is 0 Å². The van der Waals surface area contributed by atoms with Crippen LogP contribution in [0.15, 0.2) is 12.3 Å². The number of hydrogen-bond acceptors (Lipinski definition) is 7. The summed E-state index contributed by atoms with van der Waals surface area (Å²) in [5, 5.41) is 23.0. The average Bonchev–Trinajstić information content (AvgIpc) is 3.41. The molecule has 1 aliphatic carbocycles. The van der Waals surface area contributed by atoms with Crippen LogP contribution in [0.2, 0.25) is 0 Å². The monoisotopic (exact) mass is 512 g/mol. The molecule has 2 amide bonds. The third kappa shape index (κ3) is 5.66. The minimum atomic E-state index is -5.08. The molecule has 2 aliphatic heterocycles. The summed E-state index contributed by atoms with van der Waals surface area (Å²) in [5.41, 5.74) is 0.779. The van der Waals surface area contributed by atoms with Gasteiger partial charge in [-0.25, -0.2) is 4.79 Å². The van der Waals surface area contributed by atoms with E-state index in [1.807, 2.05) is 28.8 Å². The lowest BCUT2D eigenvalue weighted by atomic mass is 9.93. The van der Waals surface area contributed by atoms with E-state index in [1.54, 1.807) is 4.68 Å². The zero-order chi connectivity index (χ0) is 26.0. The van der Waals surface area contributed by atoms with Gasteiger partial charge >= 0.3 is 12.1 Å². The van der Waals surface area contributed by atoms with Crippen molar-refractivity contribution >= 4 is 17.8 Å². The normalized spacial score (nSPS) is 19.9. The fourth-order valence-corrected chi connectivity index (χ4v) is 4.36. The first-order valence-corrected chi connectivity index (χ1v) is 11.6. The van der Waals surface area contributed by atoms with Crippen LogP contribution in [-0.2, 0) is 29.6 Å². The van der Waals surface area contributed by atoms with E-state index in [-0.39, 0.29) is 23.9 Å². The first-order chi connectivity index (χ1) is 17.0. The summed E-state index contributed by atoms with van der Waals surface area (Å²) < 4.78 is 35.4. The Morgan fingerprint density at radius 2 is 1.83 bits per heavy atom. The minimum Gasteiger partial charge on any atom is -0.475 e. The molecule has 1 saturated carbocycles. The zero-order valence-electron chi connectivity index (χ0n) is 19.6. The highest BCUT2D eigenvalue weighted by Crippen LogP contribution is 2.29. The van der Waals surface area contributed by atoms with E-state index in [0.717, 1.165) is 37.4 Å². The van der Waals surface area contributed by atoms with Gasteiger partial charge in [-0.3, -0.25) is 19.2 Å². The molecule has 3 aliphatic rings. The number of amides is 2. The molecule has 196 valence electrons. The molecule has 1 atom stereocenters. The Kier molecular flexibility index (Phi) is 7.28. The van der Waals surface area contributed by atoms with Gasteiger partial charge in [-0.2, -0.15) is 18.3 Å². The molecule has 0 radical (unpaired) electrons. The van der Waals surface area contributed by atoms with E-state index in [1.165, 1.54) is 6.42 Å². The molecule has 36 heavy (non-hydrogen) atoms. The van der Waals surface area contributed by atoms with Crippen molar-refractivity contribution in [1.82, 2.24) is 39.7 Å². The van der Waals surface area contributed by atoms with E-state index >= 15 is 0 Å². The van der Waals surface area contributed by atoms with Crippen molar-refractivity contribution in [2.24, 2.45) is 7.05 Å². The Hall–Kier alpha value is -3.49. The third-order valence-corrected chi connectivity index (χ3v) is 6.52. The predicted octanol–water partition coefficient (Wildman–Crippen LogP) is 0.369. The number of rotatable bonds is 4. The lowest BCUT2D eigenvalue weighted by Gasteiger charge is -2.43. The van der Waals surface area contributed by atoms with Crippen molar-refractivity contribution < 1.29 is 32.7 Å². The van der Waals surface area contributed by atoms with Crippen molar-refractivity contribution in [3.8, 4) is 0 Å². The largest absolute Gasteiger partial charge is 0.490 e. The first-order valence-electron chi connectivity index (χ1n) is 11.6. The zero-order valence-corrected chi connectivity index (χ0v) is 19.6. The van der Waals surface area contributed by atoms with Crippen LogP contribution >= 0.6 is 0 Å². The van der Waals surface area contributed by atoms with Crippen molar-refractivity contribution in [3.63, 3.8) is 0 Å². The molecular weight excluding hydrogens is 485 g/mol. The summed E-state index contributed by atoms with van der Waals surface area (Å²) in [6.07, 6.45) is 0.310. The van der Waals surface area contributed by atoms with E-state index in [4.69, 9.17) is 9.90 Å². The predicted molar refractivity (Wildman–Crippen MR) is 117 cm³/mol. The van der Waals surface area contributed by atoms with Crippen LogP contribution in [0, 0.1) is 0 Å². The molecule has 0 aromatic carbocycles. The number of aryl methyl sites for hydroxylation is 1. The number of carboxylic acids is 1. The number of nitrogens with one attached hydrogen (secondary N) is 1. The molecule has 2 aromatic heterocycles. The highest BCUT2D eigenvalue weighted by atomic mass is 19.4. The van der Waals surface area contributed by atoms with Gasteiger partial charge in [0.25, 0.3) is 5.91 Å². The van der Waals surface area contributed by atoms with Gasteiger partial charge in [0.2, 0.25) is 11.7 Å². The summed E-state index contributed by atoms with van der Waals surface area (Å²) in [6, 6.07) is 2.12. The van der Waals surface area contributed by atoms with Crippen LogP contribution in [0.1, 0.15) is 47.4 Å². The SMILES string of the molecule is Cn1ccc(CC(=O)N2CCN3CCn4c(C(=O)NC5CCC5)nnc4C3C2)n1.O=C(O)C(F)(F)F. The first kappa shape index (κ1) is 25.6. The van der Waals surface area contributed by atoms with Crippen LogP contribution in [0.3, 0.4) is 0 Å². The maximum Gasteiger partial charge on any atom is 0.490 e. The Balaban J connectivity index is 0.000000384. The number of nitrogens with zero attached hydrogens (tertiary/aromatic N) is 7. The lowest BCUT2D eigenvalue weighted by Crippen LogP contribution is -2.54. The van der Waals surface area contributed by atoms with Crippen LogP contribution < -0.4 is 5.32 Å². The molecule has 15 heteroatoms. The number of carbonyl (C=O) groups is 3. The lowest BCUT2D eigenvalue weighted by molar-refractivity contribution is -0.192. The second kappa shape index (κ2) is 10.2. The number of alkyl halides is 3. The molecule has 4 heterocycles. The second-order valence-electron chi connectivity index (χ2n) is 8.99. The van der Waals surface area contributed by atoms with Crippen LogP contribution in [0.4, 0.5) is 13.2 Å². The molecule has 5 rings (SSSR count). The van der Waals surface area contributed by atoms with Crippen molar-refractivity contribution in [2.45, 2.75) is 50.5 Å². The molecule has 2 aromatic rings. The van der Waals surface area contributed by atoms with Gasteiger partial charge in [0.15, 0.2) is 5.82 Å². The number of hydrogen-bond donors (Lipinski definition) is 2. The minimum absolute atomic E-state index is 0.0251. The van der Waals surface area contributed by atoms with Crippen molar-refractivity contribution in [2.75, 3.05) is 26.2 Å². The smallest absolute Gasteiger partial charge is 0.475 e. The van der Waals surface area contributed by atoms with Gasteiger partial charge in [0.05, 0.1) is 18.2 Å². The fraction of sp³-hybridized carbons (Fsp3) is 0.619. The summed E-state index contributed by atoms with van der Waals surface area (Å²) in [7, 11) is 1.85. The molecule has 2 fully saturated rings. The molecule has 1 unspecified atom stereocenters. The van der Waals surface area contributed by atoms with E-state index in [0.29, 0.717) is 31.9 Å². The second-order valence-corrected chi connectivity index (χ2v) is 8.99. The average molecular weight is 512 g/mol. The van der Waals surface area contributed by atoms with Crippen molar-refractivity contribution in [1.29, 1.82) is 0 Å². The Bertz CT molecular complexity index is 1130. The molecule has 2 N–H and O–H groups in total.